The summed E-state index contributed by atoms with van der Waals surface area (Å²) in [7, 11) is 5.65. The molecule has 0 saturated carbocycles. The Morgan fingerprint density at radius 3 is 2.32 bits per heavy atom. The predicted octanol–water partition coefficient (Wildman–Crippen LogP) is -0.603. The van der Waals surface area contributed by atoms with Gasteiger partial charge in [0.2, 0.25) is 0 Å². The van der Waals surface area contributed by atoms with Crippen molar-refractivity contribution in [3.63, 3.8) is 0 Å². The van der Waals surface area contributed by atoms with Crippen molar-refractivity contribution in [2.45, 2.75) is 13.0 Å². The maximum atomic E-state index is 5.38. The van der Waals surface area contributed by atoms with Crippen LogP contribution in [0.2, 0.25) is 0 Å². The fourth-order valence-corrected chi connectivity index (χ4v) is 2.69. The number of nitrogens with zero attached hydrogens (tertiary/aromatic N) is 1. The summed E-state index contributed by atoms with van der Waals surface area (Å²) in [5.74, 6) is 1.65. The zero-order valence-electron chi connectivity index (χ0n) is 11.9. The molecule has 0 N–H and O–H groups in total. The molecule has 1 heterocycles. The van der Waals surface area contributed by atoms with Crippen LogP contribution in [0.15, 0.2) is 24.8 Å². The highest BCUT2D eigenvalue weighted by atomic mass is 79.9. The van der Waals surface area contributed by atoms with Crippen molar-refractivity contribution in [1.82, 2.24) is 0 Å². The summed E-state index contributed by atoms with van der Waals surface area (Å²) in [5, 5.41) is 0. The first kappa shape index (κ1) is 16.1. The van der Waals surface area contributed by atoms with Gasteiger partial charge in [-0.2, -0.15) is 0 Å². The average Bonchev–Trinajstić information content (AvgIpc) is 2.37. The second kappa shape index (κ2) is 6.44. The molecule has 0 saturated heterocycles. The number of fused-ring (bicyclic) bond motifs is 1. The molecule has 1 unspecified atom stereocenters. The van der Waals surface area contributed by atoms with Gasteiger partial charge in [0.05, 0.1) is 34.4 Å². The van der Waals surface area contributed by atoms with Crippen LogP contribution in [-0.2, 0) is 13.0 Å². The Kier molecular flexibility index (Phi) is 5.44. The molecule has 3 nitrogen and oxygen atoms in total. The Morgan fingerprint density at radius 1 is 1.21 bits per heavy atom. The summed E-state index contributed by atoms with van der Waals surface area (Å²) in [6, 6.07) is 4.23. The zero-order chi connectivity index (χ0) is 13.2. The van der Waals surface area contributed by atoms with E-state index in [0.717, 1.165) is 42.0 Å². The monoisotopic (exact) mass is 327 g/mol. The van der Waals surface area contributed by atoms with Crippen molar-refractivity contribution in [2.75, 3.05) is 34.4 Å². The Bertz CT molecular complexity index is 462. The summed E-state index contributed by atoms with van der Waals surface area (Å²) in [5.41, 5.74) is 2.75. The predicted molar refractivity (Wildman–Crippen MR) is 73.1 cm³/mol. The van der Waals surface area contributed by atoms with Gasteiger partial charge in [-0.25, -0.2) is 0 Å². The van der Waals surface area contributed by atoms with Crippen LogP contribution in [0.1, 0.15) is 11.1 Å². The molecule has 0 fully saturated rings. The molecule has 1 aliphatic heterocycles. The van der Waals surface area contributed by atoms with Crippen molar-refractivity contribution >= 4 is 0 Å². The largest absolute Gasteiger partial charge is 1.00 e. The van der Waals surface area contributed by atoms with Crippen LogP contribution in [0.25, 0.3) is 0 Å². The summed E-state index contributed by atoms with van der Waals surface area (Å²) in [6.45, 7) is 7.04. The lowest BCUT2D eigenvalue weighted by Crippen LogP contribution is -3.00. The van der Waals surface area contributed by atoms with E-state index in [2.05, 4.69) is 25.8 Å². The van der Waals surface area contributed by atoms with E-state index in [1.54, 1.807) is 14.2 Å². The highest BCUT2D eigenvalue weighted by Crippen LogP contribution is 2.34. The van der Waals surface area contributed by atoms with Crippen LogP contribution in [0.4, 0.5) is 0 Å². The van der Waals surface area contributed by atoms with Crippen molar-refractivity contribution in [3.05, 3.63) is 35.9 Å². The number of benzene rings is 1. The molecular formula is C15H22BrNO2. The Hall–Kier alpha value is -1.00. The van der Waals surface area contributed by atoms with Gasteiger partial charge in [-0.15, -0.1) is 0 Å². The van der Waals surface area contributed by atoms with Crippen LogP contribution in [0.3, 0.4) is 0 Å². The molecule has 1 atom stereocenters. The number of hydrogen-bond donors (Lipinski definition) is 0. The lowest BCUT2D eigenvalue weighted by molar-refractivity contribution is -0.919. The third kappa shape index (κ3) is 3.31. The highest BCUT2D eigenvalue weighted by molar-refractivity contribution is 5.47. The van der Waals surface area contributed by atoms with Gasteiger partial charge in [0.25, 0.3) is 0 Å². The average molecular weight is 328 g/mol. The summed E-state index contributed by atoms with van der Waals surface area (Å²) in [4.78, 5) is 0. The lowest BCUT2D eigenvalue weighted by Gasteiger charge is -2.38. The molecule has 106 valence electrons. The number of ether oxygens (including phenoxy) is 2. The van der Waals surface area contributed by atoms with E-state index in [0.29, 0.717) is 0 Å². The Balaban J connectivity index is 0.00000180. The highest BCUT2D eigenvalue weighted by Gasteiger charge is 2.28. The zero-order valence-corrected chi connectivity index (χ0v) is 13.5. The second-order valence-corrected chi connectivity index (χ2v) is 5.20. The van der Waals surface area contributed by atoms with Gasteiger partial charge in [-0.1, -0.05) is 6.58 Å². The van der Waals surface area contributed by atoms with Gasteiger partial charge >= 0.3 is 0 Å². The van der Waals surface area contributed by atoms with E-state index in [-0.39, 0.29) is 17.0 Å². The number of rotatable bonds is 4. The second-order valence-electron chi connectivity index (χ2n) is 5.20. The lowest BCUT2D eigenvalue weighted by atomic mass is 9.97. The van der Waals surface area contributed by atoms with Gasteiger partial charge in [0.15, 0.2) is 11.5 Å². The van der Waals surface area contributed by atoms with E-state index in [4.69, 9.17) is 9.47 Å². The fraction of sp³-hybridized carbons (Fsp3) is 0.467. The minimum Gasteiger partial charge on any atom is -1.00 e. The molecule has 0 radical (unpaired) electrons. The van der Waals surface area contributed by atoms with E-state index < -0.39 is 0 Å². The third-order valence-electron chi connectivity index (χ3n) is 3.75. The first-order chi connectivity index (χ1) is 8.61. The first-order valence-corrected chi connectivity index (χ1v) is 6.30. The van der Waals surface area contributed by atoms with Crippen LogP contribution < -0.4 is 26.5 Å². The first-order valence-electron chi connectivity index (χ1n) is 6.30. The van der Waals surface area contributed by atoms with E-state index in [1.165, 1.54) is 11.1 Å². The molecular weight excluding hydrogens is 306 g/mol. The van der Waals surface area contributed by atoms with E-state index in [9.17, 15) is 0 Å². The number of quaternary nitrogens is 1. The minimum absolute atomic E-state index is 0. The Labute approximate surface area is 126 Å². The molecule has 0 spiro atoms. The SMILES string of the molecule is C=CC[N+]1(C)CCc2cc(OC)c(OC)cc2C1.[Br-]. The quantitative estimate of drug-likeness (QED) is 0.543. The van der Waals surface area contributed by atoms with E-state index in [1.807, 2.05) is 6.08 Å². The summed E-state index contributed by atoms with van der Waals surface area (Å²) in [6.07, 6.45) is 3.09. The van der Waals surface area contributed by atoms with E-state index >= 15 is 0 Å². The number of halogens is 1. The van der Waals surface area contributed by atoms with Crippen LogP contribution in [-0.4, -0.2) is 38.8 Å². The standard InChI is InChI=1S/C15H22NO2.BrH/c1-5-7-16(2)8-6-12-9-14(17-3)15(18-4)10-13(12)11-16;/h5,9-10H,1,6-8,11H2,2-4H3;1H/q+1;/p-1. The molecule has 0 amide bonds. The van der Waals surface area contributed by atoms with Gasteiger partial charge in [0, 0.05) is 12.0 Å². The van der Waals surface area contributed by atoms with Crippen molar-refractivity contribution in [1.29, 1.82) is 0 Å². The molecule has 4 heteroatoms. The molecule has 2 rings (SSSR count). The van der Waals surface area contributed by atoms with Crippen molar-refractivity contribution in [3.8, 4) is 11.5 Å². The summed E-state index contributed by atoms with van der Waals surface area (Å²) >= 11 is 0. The minimum atomic E-state index is 0. The van der Waals surface area contributed by atoms with Crippen molar-refractivity contribution < 1.29 is 30.9 Å². The fourth-order valence-electron chi connectivity index (χ4n) is 2.69. The number of methoxy groups -OCH3 is 2. The third-order valence-corrected chi connectivity index (χ3v) is 3.75. The summed E-state index contributed by atoms with van der Waals surface area (Å²) < 4.78 is 11.8. The molecule has 0 aromatic heterocycles. The van der Waals surface area contributed by atoms with Crippen LogP contribution >= 0.6 is 0 Å². The normalized spacial score (nSPS) is 21.0. The topological polar surface area (TPSA) is 18.5 Å². The smallest absolute Gasteiger partial charge is 0.161 e. The Morgan fingerprint density at radius 2 is 1.79 bits per heavy atom. The number of hydrogen-bond acceptors (Lipinski definition) is 2. The molecule has 1 aliphatic rings. The van der Waals surface area contributed by atoms with Gasteiger partial charge < -0.3 is 30.9 Å². The van der Waals surface area contributed by atoms with Gasteiger partial charge in [-0.05, 0) is 23.8 Å². The van der Waals surface area contributed by atoms with Crippen LogP contribution in [0, 0.1) is 0 Å². The number of likely N-dealkylation sites (N-methyl/N-ethyl adjacent to an activating group) is 1. The maximum absolute atomic E-state index is 5.38. The molecule has 0 aliphatic carbocycles. The molecule has 19 heavy (non-hydrogen) atoms. The molecule has 1 aromatic rings. The van der Waals surface area contributed by atoms with Crippen molar-refractivity contribution in [2.24, 2.45) is 0 Å². The van der Waals surface area contributed by atoms with Crippen LogP contribution in [0.5, 0.6) is 11.5 Å². The van der Waals surface area contributed by atoms with Gasteiger partial charge in [-0.3, -0.25) is 0 Å². The molecule has 1 aromatic carbocycles. The maximum Gasteiger partial charge on any atom is 0.161 e. The van der Waals surface area contributed by atoms with Gasteiger partial charge in [0.1, 0.15) is 6.54 Å². The molecule has 0 bridgehead atoms.